The van der Waals surface area contributed by atoms with Crippen molar-refractivity contribution in [2.45, 2.75) is 19.5 Å². The van der Waals surface area contributed by atoms with Crippen molar-refractivity contribution >= 4 is 27.8 Å². The number of fused-ring (bicyclic) bond motifs is 4. The van der Waals surface area contributed by atoms with Crippen molar-refractivity contribution in [2.75, 3.05) is 10.2 Å². The van der Waals surface area contributed by atoms with Gasteiger partial charge in [-0.15, -0.1) is 0 Å². The molecule has 1 aliphatic carbocycles. The molecule has 1 heterocycles. The van der Waals surface area contributed by atoms with Gasteiger partial charge in [0, 0.05) is 5.69 Å². The van der Waals surface area contributed by atoms with Gasteiger partial charge in [0.25, 0.3) is 0 Å². The van der Waals surface area contributed by atoms with Crippen molar-refractivity contribution in [2.24, 2.45) is 0 Å². The quantitative estimate of drug-likeness (QED) is 0.259. The van der Waals surface area contributed by atoms with E-state index in [2.05, 4.69) is 145 Å². The van der Waals surface area contributed by atoms with E-state index in [0.717, 1.165) is 6.42 Å². The summed E-state index contributed by atoms with van der Waals surface area (Å²) in [6.07, 6.45) is 1.28. The lowest BCUT2D eigenvalue weighted by molar-refractivity contribution is 0.728. The molecule has 8 rings (SSSR count). The summed E-state index contributed by atoms with van der Waals surface area (Å²) in [6, 6.07) is 46.7. The third-order valence-electron chi connectivity index (χ3n) is 8.39. The Balaban J connectivity index is 1.17. The van der Waals surface area contributed by atoms with E-state index in [4.69, 9.17) is 0 Å². The van der Waals surface area contributed by atoms with Crippen LogP contribution in [0.1, 0.15) is 13.3 Å². The largest absolute Gasteiger partial charge is 0.363 e. The summed E-state index contributed by atoms with van der Waals surface area (Å²) >= 11 is 0. The van der Waals surface area contributed by atoms with E-state index in [9.17, 15) is 0 Å². The molecular weight excluding hydrogens is 472 g/mol. The zero-order chi connectivity index (χ0) is 25.9. The predicted molar refractivity (Wildman–Crippen MR) is 166 cm³/mol. The van der Waals surface area contributed by atoms with Crippen LogP contribution in [0.25, 0.3) is 55.3 Å². The molecule has 186 valence electrons. The minimum absolute atomic E-state index is 0.259. The molecule has 1 N–H and O–H groups in total. The van der Waals surface area contributed by atoms with Crippen LogP contribution in [0.3, 0.4) is 0 Å². The van der Waals surface area contributed by atoms with Gasteiger partial charge in [-0.25, -0.2) is 0 Å². The molecule has 0 spiro atoms. The average Bonchev–Trinajstić information content (AvgIpc) is 3.55. The summed E-state index contributed by atoms with van der Waals surface area (Å²) in [7, 11) is 0. The van der Waals surface area contributed by atoms with Crippen molar-refractivity contribution in [1.82, 2.24) is 0 Å². The fourth-order valence-corrected chi connectivity index (χ4v) is 6.56. The van der Waals surface area contributed by atoms with Gasteiger partial charge < -0.3 is 10.2 Å². The molecule has 1 unspecified atom stereocenters. The van der Waals surface area contributed by atoms with E-state index in [1.54, 1.807) is 0 Å². The van der Waals surface area contributed by atoms with Crippen molar-refractivity contribution in [3.63, 3.8) is 0 Å². The molecule has 2 aliphatic rings. The lowest BCUT2D eigenvalue weighted by Gasteiger charge is -2.26. The van der Waals surface area contributed by atoms with Gasteiger partial charge in [0.2, 0.25) is 0 Å². The van der Waals surface area contributed by atoms with Crippen LogP contribution in [-0.4, -0.2) is 6.17 Å². The molecule has 6 aromatic rings. The lowest BCUT2D eigenvalue weighted by atomic mass is 9.93. The second-order valence-corrected chi connectivity index (χ2v) is 10.5. The number of rotatable bonds is 4. The fourth-order valence-electron chi connectivity index (χ4n) is 6.56. The van der Waals surface area contributed by atoms with Crippen molar-refractivity contribution in [1.29, 1.82) is 0 Å². The highest BCUT2D eigenvalue weighted by Gasteiger charge is 2.28. The van der Waals surface area contributed by atoms with Gasteiger partial charge in [-0.05, 0) is 86.0 Å². The maximum Gasteiger partial charge on any atom is 0.104 e. The van der Waals surface area contributed by atoms with Crippen LogP contribution in [0, 0.1) is 0 Å². The fraction of sp³-hybridized carbons (Fsp3) is 0.0811. The smallest absolute Gasteiger partial charge is 0.104 e. The SMILES string of the molecule is CCC1Nc2ccccc2N1c1cccc(-c2ccc(-c3ccc4c5c(cccc35)-c3ccccc3-4)cc2)c1. The average molecular weight is 501 g/mol. The summed E-state index contributed by atoms with van der Waals surface area (Å²) in [5, 5.41) is 6.37. The molecule has 0 radical (unpaired) electrons. The van der Waals surface area contributed by atoms with Crippen LogP contribution in [0.15, 0.2) is 127 Å². The molecule has 0 aromatic heterocycles. The molecule has 2 heteroatoms. The Labute approximate surface area is 229 Å². The first-order chi connectivity index (χ1) is 19.3. The van der Waals surface area contributed by atoms with E-state index in [0.29, 0.717) is 0 Å². The number of anilines is 3. The second kappa shape index (κ2) is 8.61. The Morgan fingerprint density at radius 1 is 0.564 bits per heavy atom. The zero-order valence-electron chi connectivity index (χ0n) is 21.9. The highest BCUT2D eigenvalue weighted by molar-refractivity contribution is 6.18. The van der Waals surface area contributed by atoms with Crippen LogP contribution in [0.5, 0.6) is 0 Å². The highest BCUT2D eigenvalue weighted by atomic mass is 15.3. The number of hydrogen-bond donors (Lipinski definition) is 1. The van der Waals surface area contributed by atoms with Gasteiger partial charge in [-0.3, -0.25) is 0 Å². The molecule has 0 saturated heterocycles. The van der Waals surface area contributed by atoms with Crippen molar-refractivity contribution in [3.8, 4) is 44.5 Å². The van der Waals surface area contributed by atoms with E-state index in [1.807, 2.05) is 0 Å². The summed E-state index contributed by atoms with van der Waals surface area (Å²) < 4.78 is 0. The van der Waals surface area contributed by atoms with E-state index in [1.165, 1.54) is 72.3 Å². The monoisotopic (exact) mass is 500 g/mol. The normalized spacial score (nSPS) is 14.8. The predicted octanol–water partition coefficient (Wildman–Crippen LogP) is 10.1. The highest BCUT2D eigenvalue weighted by Crippen LogP contribution is 2.49. The molecule has 2 nitrogen and oxygen atoms in total. The summed E-state index contributed by atoms with van der Waals surface area (Å²) in [5.41, 5.74) is 14.0. The minimum atomic E-state index is 0.259. The number of para-hydroxylation sites is 2. The number of benzene rings is 6. The molecule has 6 aromatic carbocycles. The Bertz CT molecular complexity index is 1850. The standard InChI is InChI=1S/C37H28N2/c1-2-36-38-34-15-5-6-16-35(34)39(36)27-10-7-9-26(23-27)24-17-19-25(20-18-24)28-21-22-33-30-12-4-3-11-29(30)32-14-8-13-31(28)37(32)33/h3-23,36,38H,2H2,1H3. The molecule has 0 saturated carbocycles. The summed E-state index contributed by atoms with van der Waals surface area (Å²) in [4.78, 5) is 2.43. The Kier molecular flexibility index (Phi) is 4.90. The molecule has 0 fully saturated rings. The number of nitrogens with zero attached hydrogens (tertiary/aromatic N) is 1. The van der Waals surface area contributed by atoms with Gasteiger partial charge in [-0.2, -0.15) is 0 Å². The number of hydrogen-bond acceptors (Lipinski definition) is 2. The molecule has 0 amide bonds. The van der Waals surface area contributed by atoms with Crippen LogP contribution in [0.4, 0.5) is 17.1 Å². The molecule has 1 atom stereocenters. The lowest BCUT2D eigenvalue weighted by Crippen LogP contribution is -2.30. The molecule has 39 heavy (non-hydrogen) atoms. The van der Waals surface area contributed by atoms with Crippen molar-refractivity contribution in [3.05, 3.63) is 127 Å². The van der Waals surface area contributed by atoms with E-state index in [-0.39, 0.29) is 6.17 Å². The number of nitrogens with one attached hydrogen (secondary N) is 1. The minimum Gasteiger partial charge on any atom is -0.363 e. The third kappa shape index (κ3) is 3.35. The Hall–Kier alpha value is -4.82. The summed E-state index contributed by atoms with van der Waals surface area (Å²) in [5.74, 6) is 0. The van der Waals surface area contributed by atoms with Crippen LogP contribution >= 0.6 is 0 Å². The maximum absolute atomic E-state index is 3.68. The van der Waals surface area contributed by atoms with Gasteiger partial charge in [-0.1, -0.05) is 110 Å². The van der Waals surface area contributed by atoms with Crippen LogP contribution in [0.2, 0.25) is 0 Å². The first-order valence-corrected chi connectivity index (χ1v) is 13.8. The first-order valence-electron chi connectivity index (χ1n) is 13.8. The van der Waals surface area contributed by atoms with E-state index >= 15 is 0 Å². The third-order valence-corrected chi connectivity index (χ3v) is 8.39. The first kappa shape index (κ1) is 22.2. The Morgan fingerprint density at radius 2 is 1.23 bits per heavy atom. The van der Waals surface area contributed by atoms with Crippen LogP contribution < -0.4 is 10.2 Å². The summed E-state index contributed by atoms with van der Waals surface area (Å²) in [6.45, 7) is 2.23. The van der Waals surface area contributed by atoms with E-state index < -0.39 is 0 Å². The van der Waals surface area contributed by atoms with Gasteiger partial charge >= 0.3 is 0 Å². The topological polar surface area (TPSA) is 15.3 Å². The molecular formula is C37H28N2. The van der Waals surface area contributed by atoms with Gasteiger partial charge in [0.05, 0.1) is 11.4 Å². The van der Waals surface area contributed by atoms with Crippen LogP contribution in [-0.2, 0) is 0 Å². The van der Waals surface area contributed by atoms with Gasteiger partial charge in [0.1, 0.15) is 6.17 Å². The molecule has 0 bridgehead atoms. The Morgan fingerprint density at radius 3 is 2.05 bits per heavy atom. The second-order valence-electron chi connectivity index (χ2n) is 10.5. The van der Waals surface area contributed by atoms with Crippen molar-refractivity contribution < 1.29 is 0 Å². The van der Waals surface area contributed by atoms with Gasteiger partial charge in [0.15, 0.2) is 0 Å². The zero-order valence-corrected chi connectivity index (χ0v) is 21.9. The molecule has 1 aliphatic heterocycles. The maximum atomic E-state index is 3.68.